The molecule has 0 unspecified atom stereocenters. The summed E-state index contributed by atoms with van der Waals surface area (Å²) in [4.78, 5) is 12.2. The number of rotatable bonds is 4. The van der Waals surface area contributed by atoms with Crippen molar-refractivity contribution in [2.24, 2.45) is 0 Å². The predicted octanol–water partition coefficient (Wildman–Crippen LogP) is 2.17. The lowest BCUT2D eigenvalue weighted by molar-refractivity contribution is -0.156. The van der Waals surface area contributed by atoms with Gasteiger partial charge < -0.3 is 0 Å². The van der Waals surface area contributed by atoms with E-state index in [0.29, 0.717) is 5.06 Å². The van der Waals surface area contributed by atoms with E-state index in [1.165, 1.54) is 23.5 Å². The summed E-state index contributed by atoms with van der Waals surface area (Å²) >= 11 is 1.53. The average Bonchev–Trinajstić information content (AvgIpc) is 2.67. The SMILES string of the molecule is C=CCN(O)C(=O)C=Cc1cccs1. The van der Waals surface area contributed by atoms with E-state index in [-0.39, 0.29) is 6.54 Å². The molecule has 1 amide bonds. The van der Waals surface area contributed by atoms with Gasteiger partial charge in [0.05, 0.1) is 6.54 Å². The highest BCUT2D eigenvalue weighted by Gasteiger charge is 2.03. The van der Waals surface area contributed by atoms with Crippen LogP contribution in [0.25, 0.3) is 6.08 Å². The molecule has 0 aliphatic heterocycles. The molecule has 0 aliphatic rings. The molecule has 0 fully saturated rings. The van der Waals surface area contributed by atoms with Gasteiger partial charge in [-0.3, -0.25) is 10.0 Å². The molecule has 0 saturated carbocycles. The molecule has 74 valence electrons. The van der Waals surface area contributed by atoms with Gasteiger partial charge in [-0.2, -0.15) is 0 Å². The Labute approximate surface area is 86.6 Å². The third-order valence-corrected chi connectivity index (χ3v) is 2.33. The van der Waals surface area contributed by atoms with Gasteiger partial charge in [-0.05, 0) is 17.5 Å². The van der Waals surface area contributed by atoms with Crippen LogP contribution < -0.4 is 0 Å². The van der Waals surface area contributed by atoms with E-state index >= 15 is 0 Å². The summed E-state index contributed by atoms with van der Waals surface area (Å²) in [7, 11) is 0. The van der Waals surface area contributed by atoms with E-state index in [9.17, 15) is 4.79 Å². The number of hydrogen-bond donors (Lipinski definition) is 1. The van der Waals surface area contributed by atoms with Crippen molar-refractivity contribution < 1.29 is 10.0 Å². The minimum Gasteiger partial charge on any atom is -0.285 e. The summed E-state index contributed by atoms with van der Waals surface area (Å²) in [5.74, 6) is -0.446. The van der Waals surface area contributed by atoms with E-state index < -0.39 is 5.91 Å². The Balaban J connectivity index is 2.52. The van der Waals surface area contributed by atoms with Crippen molar-refractivity contribution in [3.05, 3.63) is 41.1 Å². The van der Waals surface area contributed by atoms with Crippen LogP contribution in [-0.2, 0) is 4.79 Å². The molecule has 1 aromatic rings. The Morgan fingerprint density at radius 2 is 2.50 bits per heavy atom. The highest BCUT2D eigenvalue weighted by atomic mass is 32.1. The van der Waals surface area contributed by atoms with Gasteiger partial charge in [0.2, 0.25) is 0 Å². The summed E-state index contributed by atoms with van der Waals surface area (Å²) in [5.41, 5.74) is 0. The molecule has 0 bridgehead atoms. The normalized spacial score (nSPS) is 10.4. The van der Waals surface area contributed by atoms with Crippen LogP contribution in [0.1, 0.15) is 4.88 Å². The fourth-order valence-corrected chi connectivity index (χ4v) is 1.46. The summed E-state index contributed by atoms with van der Waals surface area (Å²) in [6.45, 7) is 3.55. The molecular weight excluding hydrogens is 198 g/mol. The Hall–Kier alpha value is -1.39. The molecule has 0 atom stereocenters. The maximum atomic E-state index is 11.2. The molecule has 1 heterocycles. The summed E-state index contributed by atoms with van der Waals surface area (Å²) in [6, 6.07) is 3.79. The minimum atomic E-state index is -0.446. The molecule has 0 radical (unpaired) electrons. The summed E-state index contributed by atoms with van der Waals surface area (Å²) in [6.07, 6.45) is 4.45. The van der Waals surface area contributed by atoms with Crippen molar-refractivity contribution in [3.63, 3.8) is 0 Å². The number of hydroxylamine groups is 2. The zero-order chi connectivity index (χ0) is 10.4. The van der Waals surface area contributed by atoms with Gasteiger partial charge >= 0.3 is 0 Å². The molecule has 14 heavy (non-hydrogen) atoms. The smallest absolute Gasteiger partial charge is 0.270 e. The Kier molecular flexibility index (Phi) is 4.10. The van der Waals surface area contributed by atoms with Crippen molar-refractivity contribution in [2.75, 3.05) is 6.54 Å². The van der Waals surface area contributed by atoms with E-state index in [1.54, 1.807) is 6.08 Å². The summed E-state index contributed by atoms with van der Waals surface area (Å²) in [5, 5.41) is 11.6. The summed E-state index contributed by atoms with van der Waals surface area (Å²) < 4.78 is 0. The van der Waals surface area contributed by atoms with Gasteiger partial charge in [0.25, 0.3) is 5.91 Å². The maximum absolute atomic E-state index is 11.2. The first-order chi connectivity index (χ1) is 6.74. The molecule has 1 aromatic heterocycles. The Bertz CT molecular complexity index is 330. The second kappa shape index (κ2) is 5.36. The van der Waals surface area contributed by atoms with E-state index in [0.717, 1.165) is 4.88 Å². The third kappa shape index (κ3) is 3.16. The first-order valence-corrected chi connectivity index (χ1v) is 4.95. The number of hydrogen-bond acceptors (Lipinski definition) is 3. The first kappa shape index (κ1) is 10.7. The van der Waals surface area contributed by atoms with Crippen LogP contribution >= 0.6 is 11.3 Å². The van der Waals surface area contributed by atoms with Crippen LogP contribution in [0.5, 0.6) is 0 Å². The van der Waals surface area contributed by atoms with Gasteiger partial charge in [-0.25, -0.2) is 5.06 Å². The minimum absolute atomic E-state index is 0.133. The largest absolute Gasteiger partial charge is 0.285 e. The number of amides is 1. The monoisotopic (exact) mass is 209 g/mol. The number of nitrogens with zero attached hydrogens (tertiary/aromatic N) is 1. The lowest BCUT2D eigenvalue weighted by atomic mass is 10.4. The zero-order valence-corrected chi connectivity index (χ0v) is 8.41. The van der Waals surface area contributed by atoms with Crippen LogP contribution in [0.2, 0.25) is 0 Å². The van der Waals surface area contributed by atoms with Crippen LogP contribution in [0.4, 0.5) is 0 Å². The lowest BCUT2D eigenvalue weighted by Gasteiger charge is -2.08. The molecule has 4 heteroatoms. The molecule has 0 aromatic carbocycles. The van der Waals surface area contributed by atoms with Crippen molar-refractivity contribution in [3.8, 4) is 0 Å². The second-order valence-electron chi connectivity index (χ2n) is 2.56. The van der Waals surface area contributed by atoms with Crippen molar-refractivity contribution in [1.82, 2.24) is 5.06 Å². The van der Waals surface area contributed by atoms with Crippen LogP contribution in [-0.4, -0.2) is 22.7 Å². The van der Waals surface area contributed by atoms with Crippen molar-refractivity contribution >= 4 is 23.3 Å². The molecule has 0 saturated heterocycles. The van der Waals surface area contributed by atoms with Crippen LogP contribution in [0, 0.1) is 0 Å². The third-order valence-electron chi connectivity index (χ3n) is 1.49. The van der Waals surface area contributed by atoms with Gasteiger partial charge in [-0.1, -0.05) is 12.1 Å². The van der Waals surface area contributed by atoms with Crippen molar-refractivity contribution in [2.45, 2.75) is 0 Å². The van der Waals surface area contributed by atoms with Crippen molar-refractivity contribution in [1.29, 1.82) is 0 Å². The molecule has 1 rings (SSSR count). The number of carbonyl (C=O) groups excluding carboxylic acids is 1. The maximum Gasteiger partial charge on any atom is 0.270 e. The van der Waals surface area contributed by atoms with Gasteiger partial charge in [0.15, 0.2) is 0 Å². The topological polar surface area (TPSA) is 40.5 Å². The fraction of sp³-hybridized carbons (Fsp3) is 0.100. The fourth-order valence-electron chi connectivity index (χ4n) is 0.838. The Morgan fingerprint density at radius 3 is 3.07 bits per heavy atom. The van der Waals surface area contributed by atoms with E-state index in [1.807, 2.05) is 17.5 Å². The number of carbonyl (C=O) groups is 1. The lowest BCUT2D eigenvalue weighted by Crippen LogP contribution is -2.25. The molecule has 0 spiro atoms. The zero-order valence-electron chi connectivity index (χ0n) is 7.59. The van der Waals surface area contributed by atoms with Gasteiger partial charge in [0.1, 0.15) is 0 Å². The standard InChI is InChI=1S/C10H11NO2S/c1-2-7-11(13)10(12)6-5-9-4-3-8-14-9/h2-6,8,13H,1,7H2. The molecule has 3 nitrogen and oxygen atoms in total. The average molecular weight is 209 g/mol. The van der Waals surface area contributed by atoms with Crippen LogP contribution in [0.3, 0.4) is 0 Å². The first-order valence-electron chi connectivity index (χ1n) is 4.07. The quantitative estimate of drug-likeness (QED) is 0.357. The highest BCUT2D eigenvalue weighted by Crippen LogP contribution is 2.10. The second-order valence-corrected chi connectivity index (χ2v) is 3.54. The van der Waals surface area contributed by atoms with Gasteiger partial charge in [0, 0.05) is 11.0 Å². The molecule has 0 aliphatic carbocycles. The van der Waals surface area contributed by atoms with E-state index in [2.05, 4.69) is 6.58 Å². The van der Waals surface area contributed by atoms with Crippen LogP contribution in [0.15, 0.2) is 36.2 Å². The highest BCUT2D eigenvalue weighted by molar-refractivity contribution is 7.10. The van der Waals surface area contributed by atoms with E-state index in [4.69, 9.17) is 5.21 Å². The molecular formula is C10H11NO2S. The molecule has 1 N–H and O–H groups in total. The Morgan fingerprint density at radius 1 is 1.71 bits per heavy atom. The van der Waals surface area contributed by atoms with Gasteiger partial charge in [-0.15, -0.1) is 17.9 Å². The number of thiophene rings is 1. The predicted molar refractivity (Wildman–Crippen MR) is 57.0 cm³/mol.